The molecule has 1 amide bonds. The highest BCUT2D eigenvalue weighted by Crippen LogP contribution is 2.26. The molecule has 1 fully saturated rings. The van der Waals surface area contributed by atoms with Crippen LogP contribution in [0.1, 0.15) is 48.5 Å². The minimum absolute atomic E-state index is 0.113. The molecule has 1 unspecified atom stereocenters. The average molecular weight is 323 g/mol. The Balaban J connectivity index is 1.70. The van der Waals surface area contributed by atoms with E-state index in [1.807, 2.05) is 43.5 Å². The van der Waals surface area contributed by atoms with Crippen molar-refractivity contribution in [1.29, 1.82) is 0 Å². The minimum Gasteiger partial charge on any atom is -0.367 e. The molecule has 1 aliphatic heterocycles. The molecule has 24 heavy (non-hydrogen) atoms. The lowest BCUT2D eigenvalue weighted by atomic mass is 9.99. The highest BCUT2D eigenvalue weighted by atomic mass is 16.1. The minimum atomic E-state index is -0.113. The van der Waals surface area contributed by atoms with Crippen LogP contribution in [0.2, 0.25) is 0 Å². The second-order valence-corrected chi connectivity index (χ2v) is 6.42. The molecule has 1 aromatic heterocycles. The van der Waals surface area contributed by atoms with Crippen LogP contribution >= 0.6 is 0 Å². The number of anilines is 2. The lowest BCUT2D eigenvalue weighted by Gasteiger charge is -2.37. The number of aromatic nitrogens is 1. The van der Waals surface area contributed by atoms with Crippen molar-refractivity contribution in [2.75, 3.05) is 16.8 Å². The van der Waals surface area contributed by atoms with Crippen LogP contribution in [-0.2, 0) is 0 Å². The van der Waals surface area contributed by atoms with Gasteiger partial charge in [-0.1, -0.05) is 25.1 Å². The van der Waals surface area contributed by atoms with E-state index in [1.165, 1.54) is 19.3 Å². The van der Waals surface area contributed by atoms with Gasteiger partial charge in [-0.3, -0.25) is 4.79 Å². The number of benzene rings is 1. The van der Waals surface area contributed by atoms with E-state index in [4.69, 9.17) is 0 Å². The molecule has 0 radical (unpaired) electrons. The first-order valence-corrected chi connectivity index (χ1v) is 8.78. The Morgan fingerprint density at radius 2 is 2.08 bits per heavy atom. The van der Waals surface area contributed by atoms with E-state index < -0.39 is 0 Å². The van der Waals surface area contributed by atoms with Gasteiger partial charge in [0.2, 0.25) is 0 Å². The van der Waals surface area contributed by atoms with Crippen LogP contribution in [0.3, 0.4) is 0 Å². The molecule has 1 N–H and O–H groups in total. The summed E-state index contributed by atoms with van der Waals surface area (Å²) < 4.78 is 0. The van der Waals surface area contributed by atoms with Crippen molar-refractivity contribution in [2.24, 2.45) is 0 Å². The van der Waals surface area contributed by atoms with Gasteiger partial charge in [0.05, 0.1) is 11.9 Å². The lowest BCUT2D eigenvalue weighted by molar-refractivity contribution is 0.102. The van der Waals surface area contributed by atoms with E-state index in [0.717, 1.165) is 24.2 Å². The molecule has 2 heterocycles. The zero-order valence-electron chi connectivity index (χ0n) is 14.5. The van der Waals surface area contributed by atoms with Crippen molar-refractivity contribution in [3.63, 3.8) is 0 Å². The van der Waals surface area contributed by atoms with Crippen molar-refractivity contribution in [1.82, 2.24) is 4.98 Å². The van der Waals surface area contributed by atoms with Gasteiger partial charge in [0.25, 0.3) is 5.91 Å². The van der Waals surface area contributed by atoms with Crippen molar-refractivity contribution in [3.8, 4) is 0 Å². The summed E-state index contributed by atoms with van der Waals surface area (Å²) in [5, 5.41) is 2.89. The maximum Gasteiger partial charge on any atom is 0.257 e. The molecule has 1 aliphatic rings. The SMILES string of the molecule is CCC1CCCCN1c1ccc(NC(=O)c2ccccc2C)nc1. The Kier molecular flexibility index (Phi) is 5.14. The monoisotopic (exact) mass is 323 g/mol. The number of rotatable bonds is 4. The van der Waals surface area contributed by atoms with Crippen LogP contribution < -0.4 is 10.2 Å². The summed E-state index contributed by atoms with van der Waals surface area (Å²) in [6, 6.07) is 12.1. The summed E-state index contributed by atoms with van der Waals surface area (Å²) in [6.07, 6.45) is 6.84. The van der Waals surface area contributed by atoms with Crippen LogP contribution in [0.5, 0.6) is 0 Å². The van der Waals surface area contributed by atoms with Gasteiger partial charge in [0.1, 0.15) is 5.82 Å². The summed E-state index contributed by atoms with van der Waals surface area (Å²) in [5.41, 5.74) is 2.80. The van der Waals surface area contributed by atoms with E-state index >= 15 is 0 Å². The van der Waals surface area contributed by atoms with E-state index in [0.29, 0.717) is 17.4 Å². The average Bonchev–Trinajstić information content (AvgIpc) is 2.62. The van der Waals surface area contributed by atoms with E-state index in [1.54, 1.807) is 0 Å². The smallest absolute Gasteiger partial charge is 0.257 e. The molecule has 4 nitrogen and oxygen atoms in total. The molecule has 2 aromatic rings. The number of pyridine rings is 1. The number of nitrogens with one attached hydrogen (secondary N) is 1. The third kappa shape index (κ3) is 3.58. The second kappa shape index (κ2) is 7.47. The number of hydrogen-bond acceptors (Lipinski definition) is 3. The van der Waals surface area contributed by atoms with Crippen molar-refractivity contribution >= 4 is 17.4 Å². The van der Waals surface area contributed by atoms with Gasteiger partial charge in [-0.25, -0.2) is 4.98 Å². The lowest BCUT2D eigenvalue weighted by Crippen LogP contribution is -2.39. The number of amides is 1. The standard InChI is InChI=1S/C20H25N3O/c1-3-16-9-6-7-13-23(16)17-11-12-19(21-14-17)22-20(24)18-10-5-4-8-15(18)2/h4-5,8,10-12,14,16H,3,6-7,9,13H2,1-2H3,(H,21,22,24). The van der Waals surface area contributed by atoms with Gasteiger partial charge < -0.3 is 10.2 Å². The number of nitrogens with zero attached hydrogens (tertiary/aromatic N) is 2. The Bertz CT molecular complexity index is 696. The van der Waals surface area contributed by atoms with E-state index in [9.17, 15) is 4.79 Å². The molecule has 0 saturated carbocycles. The second-order valence-electron chi connectivity index (χ2n) is 6.42. The molecule has 1 atom stereocenters. The molecule has 0 spiro atoms. The number of hydrogen-bond donors (Lipinski definition) is 1. The first-order chi connectivity index (χ1) is 11.7. The highest BCUT2D eigenvalue weighted by molar-refractivity contribution is 6.04. The summed E-state index contributed by atoms with van der Waals surface area (Å²) in [4.78, 5) is 19.3. The number of carbonyl (C=O) groups is 1. The van der Waals surface area contributed by atoms with Gasteiger partial charge in [-0.05, 0) is 56.4 Å². The van der Waals surface area contributed by atoms with Crippen LogP contribution in [0, 0.1) is 6.92 Å². The molecule has 126 valence electrons. The largest absolute Gasteiger partial charge is 0.367 e. The van der Waals surface area contributed by atoms with Crippen molar-refractivity contribution < 1.29 is 4.79 Å². The third-order valence-corrected chi connectivity index (χ3v) is 4.81. The Morgan fingerprint density at radius 3 is 2.79 bits per heavy atom. The topological polar surface area (TPSA) is 45.2 Å². The van der Waals surface area contributed by atoms with Crippen LogP contribution in [-0.4, -0.2) is 23.5 Å². The summed E-state index contributed by atoms with van der Waals surface area (Å²) in [7, 11) is 0. The van der Waals surface area contributed by atoms with Gasteiger partial charge in [-0.2, -0.15) is 0 Å². The molecule has 3 rings (SSSR count). The van der Waals surface area contributed by atoms with E-state index in [-0.39, 0.29) is 5.91 Å². The summed E-state index contributed by atoms with van der Waals surface area (Å²) in [5.74, 6) is 0.481. The summed E-state index contributed by atoms with van der Waals surface area (Å²) in [6.45, 7) is 5.27. The maximum atomic E-state index is 12.4. The molecular formula is C20H25N3O. The van der Waals surface area contributed by atoms with Crippen LogP contribution in [0.4, 0.5) is 11.5 Å². The van der Waals surface area contributed by atoms with Gasteiger partial charge in [0, 0.05) is 18.2 Å². The van der Waals surface area contributed by atoms with Crippen molar-refractivity contribution in [3.05, 3.63) is 53.7 Å². The quantitative estimate of drug-likeness (QED) is 0.906. The van der Waals surface area contributed by atoms with Gasteiger partial charge in [0.15, 0.2) is 0 Å². The number of aryl methyl sites for hydroxylation is 1. The molecule has 0 aliphatic carbocycles. The zero-order chi connectivity index (χ0) is 16.9. The van der Waals surface area contributed by atoms with Gasteiger partial charge >= 0.3 is 0 Å². The zero-order valence-corrected chi connectivity index (χ0v) is 14.5. The molecule has 1 aromatic carbocycles. The normalized spacial score (nSPS) is 17.6. The fourth-order valence-corrected chi connectivity index (χ4v) is 3.41. The Hall–Kier alpha value is -2.36. The first kappa shape index (κ1) is 16.5. The van der Waals surface area contributed by atoms with Gasteiger partial charge in [-0.15, -0.1) is 0 Å². The molecule has 4 heteroatoms. The third-order valence-electron chi connectivity index (χ3n) is 4.81. The highest BCUT2D eigenvalue weighted by Gasteiger charge is 2.21. The Morgan fingerprint density at radius 1 is 1.25 bits per heavy atom. The summed E-state index contributed by atoms with van der Waals surface area (Å²) >= 11 is 0. The predicted molar refractivity (Wildman–Crippen MR) is 98.6 cm³/mol. The number of carbonyl (C=O) groups excluding carboxylic acids is 1. The Labute approximate surface area is 143 Å². The number of piperidine rings is 1. The molecule has 1 saturated heterocycles. The van der Waals surface area contributed by atoms with Crippen LogP contribution in [0.15, 0.2) is 42.6 Å². The van der Waals surface area contributed by atoms with Crippen LogP contribution in [0.25, 0.3) is 0 Å². The van der Waals surface area contributed by atoms with Crippen molar-refractivity contribution in [2.45, 2.75) is 45.6 Å². The molecular weight excluding hydrogens is 298 g/mol. The first-order valence-electron chi connectivity index (χ1n) is 8.78. The fraction of sp³-hybridized carbons (Fsp3) is 0.400. The van der Waals surface area contributed by atoms with E-state index in [2.05, 4.69) is 28.2 Å². The molecule has 0 bridgehead atoms. The maximum absolute atomic E-state index is 12.4. The predicted octanol–water partition coefficient (Wildman–Crippen LogP) is 4.41. The fourth-order valence-electron chi connectivity index (χ4n) is 3.41.